The zero-order valence-electron chi connectivity index (χ0n) is 14.7. The van der Waals surface area contributed by atoms with Crippen molar-refractivity contribution in [1.82, 2.24) is 3.97 Å². The van der Waals surface area contributed by atoms with Gasteiger partial charge in [0.1, 0.15) is 11.4 Å². The van der Waals surface area contributed by atoms with E-state index in [0.29, 0.717) is 6.29 Å². The predicted octanol–water partition coefficient (Wildman–Crippen LogP) is 2.88. The number of aldehydes is 1. The van der Waals surface area contributed by atoms with Crippen LogP contribution in [0.25, 0.3) is 10.9 Å². The van der Waals surface area contributed by atoms with Gasteiger partial charge in [0, 0.05) is 5.39 Å². The molecule has 0 saturated heterocycles. The third-order valence-electron chi connectivity index (χ3n) is 4.05. The largest absolute Gasteiger partial charge is 0.496 e. The zero-order valence-corrected chi connectivity index (χ0v) is 15.5. The van der Waals surface area contributed by atoms with E-state index in [1.54, 1.807) is 25.1 Å². The van der Waals surface area contributed by atoms with Gasteiger partial charge in [0.05, 0.1) is 29.7 Å². The van der Waals surface area contributed by atoms with Crippen molar-refractivity contribution in [3.8, 4) is 5.75 Å². The Morgan fingerprint density at radius 2 is 1.85 bits per heavy atom. The molecular formula is C19H17NO6S. The summed E-state index contributed by atoms with van der Waals surface area (Å²) in [6.07, 6.45) is 0.565. The van der Waals surface area contributed by atoms with Gasteiger partial charge in [-0.1, -0.05) is 18.2 Å². The molecule has 0 amide bonds. The van der Waals surface area contributed by atoms with E-state index < -0.39 is 16.0 Å². The van der Waals surface area contributed by atoms with Crippen molar-refractivity contribution in [3.63, 3.8) is 0 Å². The first kappa shape index (κ1) is 18.7. The van der Waals surface area contributed by atoms with E-state index in [9.17, 15) is 18.0 Å². The van der Waals surface area contributed by atoms with Crippen LogP contribution in [0.15, 0.2) is 53.4 Å². The van der Waals surface area contributed by atoms with E-state index in [2.05, 4.69) is 0 Å². The van der Waals surface area contributed by atoms with E-state index >= 15 is 0 Å². The Bertz CT molecular complexity index is 1120. The second-order valence-electron chi connectivity index (χ2n) is 5.56. The number of carbonyl (C=O) groups excluding carboxylic acids is 2. The SMILES string of the molecule is CCOC(=O)c1cc2c(C=O)c(OC)ccc2n1S(=O)(=O)c1ccccc1. The average molecular weight is 387 g/mol. The van der Waals surface area contributed by atoms with Gasteiger partial charge >= 0.3 is 5.97 Å². The molecule has 0 aliphatic heterocycles. The van der Waals surface area contributed by atoms with Gasteiger partial charge < -0.3 is 9.47 Å². The number of methoxy groups -OCH3 is 1. The Balaban J connectivity index is 2.41. The molecule has 7 nitrogen and oxygen atoms in total. The predicted molar refractivity (Wildman–Crippen MR) is 98.9 cm³/mol. The van der Waals surface area contributed by atoms with E-state index in [-0.39, 0.29) is 39.4 Å². The van der Waals surface area contributed by atoms with Crippen molar-refractivity contribution in [2.24, 2.45) is 0 Å². The van der Waals surface area contributed by atoms with Crippen LogP contribution >= 0.6 is 0 Å². The minimum Gasteiger partial charge on any atom is -0.496 e. The summed E-state index contributed by atoms with van der Waals surface area (Å²) >= 11 is 0. The summed E-state index contributed by atoms with van der Waals surface area (Å²) in [6.45, 7) is 1.70. The first-order valence-electron chi connectivity index (χ1n) is 8.11. The van der Waals surface area contributed by atoms with Crippen LogP contribution in [0.4, 0.5) is 0 Å². The van der Waals surface area contributed by atoms with Gasteiger partial charge in [-0.15, -0.1) is 0 Å². The summed E-state index contributed by atoms with van der Waals surface area (Å²) in [5.41, 5.74) is 0.152. The van der Waals surface area contributed by atoms with Crippen molar-refractivity contribution in [2.75, 3.05) is 13.7 Å². The summed E-state index contributed by atoms with van der Waals surface area (Å²) in [4.78, 5) is 24.0. The first-order chi connectivity index (χ1) is 13.0. The highest BCUT2D eigenvalue weighted by Gasteiger charge is 2.28. The Hall–Kier alpha value is -3.13. The maximum absolute atomic E-state index is 13.2. The van der Waals surface area contributed by atoms with Gasteiger partial charge in [0.15, 0.2) is 6.29 Å². The van der Waals surface area contributed by atoms with Crippen LogP contribution in [0.1, 0.15) is 27.8 Å². The molecule has 2 aromatic carbocycles. The number of hydrogen-bond donors (Lipinski definition) is 0. The molecule has 1 heterocycles. The van der Waals surface area contributed by atoms with E-state index in [4.69, 9.17) is 9.47 Å². The van der Waals surface area contributed by atoms with E-state index in [1.807, 2.05) is 0 Å². The van der Waals surface area contributed by atoms with Gasteiger partial charge in [0.2, 0.25) is 0 Å². The smallest absolute Gasteiger partial charge is 0.356 e. The molecule has 0 aliphatic rings. The molecule has 0 unspecified atom stereocenters. The van der Waals surface area contributed by atoms with E-state index in [0.717, 1.165) is 3.97 Å². The first-order valence-corrected chi connectivity index (χ1v) is 9.55. The molecule has 0 radical (unpaired) electrons. The summed E-state index contributed by atoms with van der Waals surface area (Å²) in [5.74, 6) is -0.522. The highest BCUT2D eigenvalue weighted by atomic mass is 32.2. The Kier molecular flexibility index (Phi) is 5.00. The minimum absolute atomic E-state index is 0.0107. The van der Waals surface area contributed by atoms with Gasteiger partial charge in [-0.25, -0.2) is 17.2 Å². The van der Waals surface area contributed by atoms with Gasteiger partial charge in [-0.3, -0.25) is 4.79 Å². The van der Waals surface area contributed by atoms with Crippen molar-refractivity contribution in [3.05, 3.63) is 59.8 Å². The number of fused-ring (bicyclic) bond motifs is 1. The van der Waals surface area contributed by atoms with Crippen LogP contribution in [0.2, 0.25) is 0 Å². The second kappa shape index (κ2) is 7.24. The van der Waals surface area contributed by atoms with Crippen LogP contribution in [0.5, 0.6) is 5.75 Å². The lowest BCUT2D eigenvalue weighted by Crippen LogP contribution is -2.19. The van der Waals surface area contributed by atoms with Crippen molar-refractivity contribution < 1.29 is 27.5 Å². The van der Waals surface area contributed by atoms with Crippen LogP contribution in [-0.4, -0.2) is 38.4 Å². The number of rotatable bonds is 6. The van der Waals surface area contributed by atoms with Crippen molar-refractivity contribution >= 4 is 33.2 Å². The molecule has 0 saturated carbocycles. The fourth-order valence-corrected chi connectivity index (χ4v) is 4.38. The third kappa shape index (κ3) is 3.08. The highest BCUT2D eigenvalue weighted by Crippen LogP contribution is 2.32. The van der Waals surface area contributed by atoms with Crippen LogP contribution < -0.4 is 4.74 Å². The lowest BCUT2D eigenvalue weighted by molar-refractivity contribution is 0.0518. The third-order valence-corrected chi connectivity index (χ3v) is 5.79. The van der Waals surface area contributed by atoms with Crippen LogP contribution in [0.3, 0.4) is 0 Å². The topological polar surface area (TPSA) is 91.7 Å². The summed E-state index contributed by atoms with van der Waals surface area (Å²) < 4.78 is 37.5. The normalized spacial score (nSPS) is 11.3. The number of aromatic nitrogens is 1. The van der Waals surface area contributed by atoms with Gasteiger partial charge in [-0.05, 0) is 37.3 Å². The Morgan fingerprint density at radius 3 is 2.44 bits per heavy atom. The highest BCUT2D eigenvalue weighted by molar-refractivity contribution is 7.90. The monoisotopic (exact) mass is 387 g/mol. The lowest BCUT2D eigenvalue weighted by Gasteiger charge is -2.12. The molecule has 0 atom stereocenters. The number of esters is 1. The average Bonchev–Trinajstić information content (AvgIpc) is 3.08. The zero-order chi connectivity index (χ0) is 19.6. The number of carbonyl (C=O) groups is 2. The minimum atomic E-state index is -4.10. The van der Waals surface area contributed by atoms with Crippen molar-refractivity contribution in [1.29, 1.82) is 0 Å². The molecule has 3 rings (SSSR count). The molecule has 0 bridgehead atoms. The fourth-order valence-electron chi connectivity index (χ4n) is 2.86. The molecule has 0 fully saturated rings. The maximum Gasteiger partial charge on any atom is 0.356 e. The van der Waals surface area contributed by atoms with E-state index in [1.165, 1.54) is 37.4 Å². The number of ether oxygens (including phenoxy) is 2. The molecule has 140 valence electrons. The fraction of sp³-hybridized carbons (Fsp3) is 0.158. The molecule has 0 N–H and O–H groups in total. The quantitative estimate of drug-likeness (QED) is 0.477. The molecule has 8 heteroatoms. The summed E-state index contributed by atoms with van der Waals surface area (Å²) in [6, 6.07) is 12.0. The van der Waals surface area contributed by atoms with Gasteiger partial charge in [-0.2, -0.15) is 0 Å². The number of hydrogen-bond acceptors (Lipinski definition) is 6. The van der Waals surface area contributed by atoms with Gasteiger partial charge in [0.25, 0.3) is 10.0 Å². The summed E-state index contributed by atoms with van der Waals surface area (Å²) in [7, 11) is -2.70. The molecule has 0 spiro atoms. The van der Waals surface area contributed by atoms with Crippen LogP contribution in [0, 0.1) is 0 Å². The molecule has 3 aromatic rings. The Labute approximate surface area is 156 Å². The number of benzene rings is 2. The lowest BCUT2D eigenvalue weighted by atomic mass is 10.1. The summed E-state index contributed by atoms with van der Waals surface area (Å²) in [5, 5.41) is 0.284. The Morgan fingerprint density at radius 1 is 1.15 bits per heavy atom. The molecule has 1 aromatic heterocycles. The molecule has 27 heavy (non-hydrogen) atoms. The second-order valence-corrected chi connectivity index (χ2v) is 7.35. The van der Waals surface area contributed by atoms with Crippen molar-refractivity contribution in [2.45, 2.75) is 11.8 Å². The molecular weight excluding hydrogens is 370 g/mol. The maximum atomic E-state index is 13.2. The number of nitrogens with zero attached hydrogens (tertiary/aromatic N) is 1. The van der Waals surface area contributed by atoms with Crippen LogP contribution in [-0.2, 0) is 14.8 Å². The standard InChI is InChI=1S/C19H17NO6S/c1-3-26-19(22)17-11-14-15(12-21)18(25-2)10-9-16(14)20(17)27(23,24)13-7-5-4-6-8-13/h4-12H,3H2,1-2H3. The molecule has 0 aliphatic carbocycles.